The number of furan rings is 1. The average Bonchev–Trinajstić information content (AvgIpc) is 3.05. The van der Waals surface area contributed by atoms with E-state index >= 15 is 0 Å². The summed E-state index contributed by atoms with van der Waals surface area (Å²) in [6.45, 7) is 2.00. The van der Waals surface area contributed by atoms with Gasteiger partial charge in [0.15, 0.2) is 0 Å². The van der Waals surface area contributed by atoms with Gasteiger partial charge in [-0.05, 0) is 30.7 Å². The van der Waals surface area contributed by atoms with Crippen molar-refractivity contribution in [2.75, 3.05) is 7.11 Å². The Labute approximate surface area is 160 Å². The van der Waals surface area contributed by atoms with Crippen molar-refractivity contribution in [3.8, 4) is 0 Å². The zero-order chi connectivity index (χ0) is 19.7. The summed E-state index contributed by atoms with van der Waals surface area (Å²) in [6, 6.07) is 12.3. The SMILES string of the molecule is COCc1c(C(=O)OCc2cc(=O)n3ccc(C)cc3n2)oc2ccccc12. The van der Waals surface area contributed by atoms with Crippen molar-refractivity contribution in [2.24, 2.45) is 0 Å². The number of hydrogen-bond acceptors (Lipinski definition) is 6. The van der Waals surface area contributed by atoms with E-state index in [4.69, 9.17) is 13.9 Å². The van der Waals surface area contributed by atoms with Gasteiger partial charge >= 0.3 is 5.97 Å². The van der Waals surface area contributed by atoms with E-state index < -0.39 is 5.97 Å². The van der Waals surface area contributed by atoms with Crippen molar-refractivity contribution in [1.29, 1.82) is 0 Å². The number of rotatable bonds is 5. The molecule has 4 aromatic rings. The predicted octanol–water partition coefficient (Wildman–Crippen LogP) is 3.25. The third-order valence-corrected chi connectivity index (χ3v) is 4.40. The smallest absolute Gasteiger partial charge is 0.375 e. The summed E-state index contributed by atoms with van der Waals surface area (Å²) in [4.78, 5) is 29.2. The Hall–Kier alpha value is -3.45. The molecule has 142 valence electrons. The molecular weight excluding hydrogens is 360 g/mol. The number of hydrogen-bond donors (Lipinski definition) is 0. The van der Waals surface area contributed by atoms with Gasteiger partial charge in [-0.2, -0.15) is 0 Å². The lowest BCUT2D eigenvalue weighted by Crippen LogP contribution is -2.16. The number of aromatic nitrogens is 2. The summed E-state index contributed by atoms with van der Waals surface area (Å²) in [7, 11) is 1.55. The monoisotopic (exact) mass is 378 g/mol. The van der Waals surface area contributed by atoms with Crippen LogP contribution in [0.4, 0.5) is 0 Å². The summed E-state index contributed by atoms with van der Waals surface area (Å²) in [5, 5.41) is 0.800. The highest BCUT2D eigenvalue weighted by atomic mass is 16.5. The minimum Gasteiger partial charge on any atom is -0.453 e. The fourth-order valence-corrected chi connectivity index (χ4v) is 3.08. The zero-order valence-corrected chi connectivity index (χ0v) is 15.5. The molecule has 0 aliphatic rings. The van der Waals surface area contributed by atoms with Gasteiger partial charge in [-0.3, -0.25) is 9.20 Å². The Morgan fingerprint density at radius 1 is 1.18 bits per heavy atom. The Kier molecular flexibility index (Phi) is 4.67. The summed E-state index contributed by atoms with van der Waals surface area (Å²) in [5.74, 6) is -0.536. The van der Waals surface area contributed by atoms with Gasteiger partial charge in [0.25, 0.3) is 5.56 Å². The zero-order valence-electron chi connectivity index (χ0n) is 15.5. The lowest BCUT2D eigenvalue weighted by atomic mass is 10.1. The Morgan fingerprint density at radius 3 is 2.82 bits per heavy atom. The van der Waals surface area contributed by atoms with E-state index in [0.29, 0.717) is 22.5 Å². The van der Waals surface area contributed by atoms with Crippen LogP contribution in [0.25, 0.3) is 16.6 Å². The van der Waals surface area contributed by atoms with Gasteiger partial charge in [0.1, 0.15) is 17.8 Å². The molecule has 3 heterocycles. The summed E-state index contributed by atoms with van der Waals surface area (Å²) in [5.41, 5.74) is 2.83. The van der Waals surface area contributed by atoms with Crippen LogP contribution in [0.5, 0.6) is 0 Å². The number of nitrogens with zero attached hydrogens (tertiary/aromatic N) is 2. The third kappa shape index (κ3) is 3.27. The average molecular weight is 378 g/mol. The molecule has 0 saturated heterocycles. The number of aryl methyl sites for hydroxylation is 1. The molecule has 0 saturated carbocycles. The first-order valence-electron chi connectivity index (χ1n) is 8.72. The maximum Gasteiger partial charge on any atom is 0.375 e. The normalized spacial score (nSPS) is 11.2. The van der Waals surface area contributed by atoms with Crippen molar-refractivity contribution in [1.82, 2.24) is 9.38 Å². The van der Waals surface area contributed by atoms with Gasteiger partial charge in [0.05, 0.1) is 12.3 Å². The van der Waals surface area contributed by atoms with Crippen molar-refractivity contribution in [3.63, 3.8) is 0 Å². The number of esters is 1. The predicted molar refractivity (Wildman–Crippen MR) is 102 cm³/mol. The molecular formula is C21H18N2O5. The molecule has 0 fully saturated rings. The van der Waals surface area contributed by atoms with Crippen LogP contribution < -0.4 is 5.56 Å². The lowest BCUT2D eigenvalue weighted by molar-refractivity contribution is 0.0427. The molecule has 7 heteroatoms. The van der Waals surface area contributed by atoms with E-state index in [9.17, 15) is 9.59 Å². The molecule has 7 nitrogen and oxygen atoms in total. The molecule has 0 unspecified atom stereocenters. The maximum atomic E-state index is 12.6. The van der Waals surface area contributed by atoms with Crippen molar-refractivity contribution < 1.29 is 18.7 Å². The van der Waals surface area contributed by atoms with Gasteiger partial charge in [-0.1, -0.05) is 18.2 Å². The van der Waals surface area contributed by atoms with E-state index in [-0.39, 0.29) is 24.5 Å². The van der Waals surface area contributed by atoms with Crippen LogP contribution in [0, 0.1) is 6.92 Å². The van der Waals surface area contributed by atoms with Crippen LogP contribution in [-0.2, 0) is 22.7 Å². The first-order valence-corrected chi connectivity index (χ1v) is 8.72. The Morgan fingerprint density at radius 2 is 2.00 bits per heavy atom. The van der Waals surface area contributed by atoms with Gasteiger partial charge in [-0.15, -0.1) is 0 Å². The van der Waals surface area contributed by atoms with Crippen molar-refractivity contribution >= 4 is 22.6 Å². The first-order chi connectivity index (χ1) is 13.6. The molecule has 4 rings (SSSR count). The van der Waals surface area contributed by atoms with E-state index in [1.807, 2.05) is 31.2 Å². The second kappa shape index (κ2) is 7.28. The Bertz CT molecular complexity index is 1240. The van der Waals surface area contributed by atoms with Crippen LogP contribution in [0.2, 0.25) is 0 Å². The summed E-state index contributed by atoms with van der Waals surface area (Å²) >= 11 is 0. The molecule has 0 aliphatic carbocycles. The van der Waals surface area contributed by atoms with Gasteiger partial charge in [0.2, 0.25) is 5.76 Å². The topological polar surface area (TPSA) is 83.0 Å². The maximum absolute atomic E-state index is 12.6. The van der Waals surface area contributed by atoms with Crippen LogP contribution in [0.15, 0.2) is 57.9 Å². The minimum atomic E-state index is -0.630. The van der Waals surface area contributed by atoms with Crippen molar-refractivity contribution in [3.05, 3.63) is 81.6 Å². The number of carbonyl (C=O) groups is 1. The molecule has 28 heavy (non-hydrogen) atoms. The lowest BCUT2D eigenvalue weighted by Gasteiger charge is -2.06. The fourth-order valence-electron chi connectivity index (χ4n) is 3.08. The molecule has 0 N–H and O–H groups in total. The number of benzene rings is 1. The molecule has 0 aliphatic heterocycles. The molecule has 0 atom stereocenters. The molecule has 0 spiro atoms. The standard InChI is InChI=1S/C21H18N2O5/c1-13-7-8-23-18(9-13)22-14(10-19(23)24)11-27-21(25)20-16(12-26-2)15-5-3-4-6-17(15)28-20/h3-10H,11-12H2,1-2H3. The molecule has 0 amide bonds. The van der Waals surface area contributed by atoms with Crippen molar-refractivity contribution in [2.45, 2.75) is 20.1 Å². The Balaban J connectivity index is 1.61. The van der Waals surface area contributed by atoms with E-state index in [0.717, 1.165) is 10.9 Å². The number of para-hydroxylation sites is 1. The summed E-state index contributed by atoms with van der Waals surface area (Å²) in [6.07, 6.45) is 1.67. The second-order valence-electron chi connectivity index (χ2n) is 6.43. The van der Waals surface area contributed by atoms with E-state index in [2.05, 4.69) is 4.98 Å². The largest absolute Gasteiger partial charge is 0.453 e. The minimum absolute atomic E-state index is 0.0939. The highest BCUT2D eigenvalue weighted by Crippen LogP contribution is 2.27. The fraction of sp³-hybridized carbons (Fsp3) is 0.190. The van der Waals surface area contributed by atoms with Crippen LogP contribution >= 0.6 is 0 Å². The molecule has 1 aromatic carbocycles. The second-order valence-corrected chi connectivity index (χ2v) is 6.43. The number of ether oxygens (including phenoxy) is 2. The van der Waals surface area contributed by atoms with E-state index in [1.54, 1.807) is 25.4 Å². The highest BCUT2D eigenvalue weighted by Gasteiger charge is 2.22. The van der Waals surface area contributed by atoms with Crippen LogP contribution in [-0.4, -0.2) is 22.5 Å². The first kappa shape index (κ1) is 17.9. The van der Waals surface area contributed by atoms with Crippen LogP contribution in [0.1, 0.15) is 27.4 Å². The molecule has 3 aromatic heterocycles. The number of fused-ring (bicyclic) bond motifs is 2. The number of pyridine rings is 1. The molecule has 0 bridgehead atoms. The van der Waals surface area contributed by atoms with E-state index in [1.165, 1.54) is 10.5 Å². The highest BCUT2D eigenvalue weighted by molar-refractivity contribution is 5.96. The van der Waals surface area contributed by atoms with Gasteiger partial charge in [0, 0.05) is 30.3 Å². The quantitative estimate of drug-likeness (QED) is 0.496. The van der Waals surface area contributed by atoms with Gasteiger partial charge < -0.3 is 13.9 Å². The third-order valence-electron chi connectivity index (χ3n) is 4.40. The summed E-state index contributed by atoms with van der Waals surface area (Å²) < 4.78 is 17.7. The molecule has 0 radical (unpaired) electrons. The van der Waals surface area contributed by atoms with Crippen LogP contribution in [0.3, 0.4) is 0 Å². The van der Waals surface area contributed by atoms with Gasteiger partial charge in [-0.25, -0.2) is 9.78 Å². The number of carbonyl (C=O) groups excluding carboxylic acids is 1. The number of methoxy groups -OCH3 is 1.